The minimum atomic E-state index is -8.50. The first-order valence-electron chi connectivity index (χ1n) is 27.0. The van der Waals surface area contributed by atoms with Gasteiger partial charge in [0.2, 0.25) is 0 Å². The number of halogens is 36. The molecule has 37 heteroatoms. The van der Waals surface area contributed by atoms with Crippen LogP contribution in [0.2, 0.25) is 0 Å². The highest BCUT2D eigenvalue weighted by molar-refractivity contribution is 7.23. The summed E-state index contributed by atoms with van der Waals surface area (Å²) in [5.41, 5.74) is -15.9. The van der Waals surface area contributed by atoms with E-state index in [0.29, 0.717) is 0 Å². The second kappa shape index (κ2) is 19.8. The fraction of sp³-hybridized carbons (Fsp3) is 0. The van der Waals surface area contributed by atoms with Crippen LogP contribution in [0.5, 0.6) is 0 Å². The third-order valence-corrected chi connectivity index (χ3v) is 18.8. The fourth-order valence-corrected chi connectivity index (χ4v) is 15.1. The average molecular weight is 1460 g/mol. The van der Waals surface area contributed by atoms with Crippen LogP contribution in [-0.4, -0.2) is 6.15 Å². The lowest BCUT2D eigenvalue weighted by Crippen LogP contribution is -2.79. The van der Waals surface area contributed by atoms with Crippen LogP contribution >= 0.6 is 0 Å². The standard InChI is InChI=1S/C64BF36/c66-29-9-1-5-17(33(29)70)49(86)61(98)53(90)21(5)41(78)37(74)13(1)45(82)57(94)25(9)65(26-10-2-6-18(34(71)30(10)67)50(87)62(99)54(91)22(6)42(79)38(75)14(2)46(83)58(26)95,27-11-3-7-19(35(72)31(11)68)51(88)63(100)55(92)23(7)43(80)39(76)15(3)47(84)59(27)96)28-12-4-8-20(36(73)32(12)69)52(89)64(101)56(93)24(8)44(81)40(77)16(4)48(85)60(28)97/q-1. The van der Waals surface area contributed by atoms with Crippen LogP contribution in [-0.2, 0) is 0 Å². The van der Waals surface area contributed by atoms with Crippen molar-refractivity contribution in [3.63, 3.8) is 0 Å². The van der Waals surface area contributed by atoms with E-state index in [1.165, 1.54) is 0 Å². The molecule has 0 saturated heterocycles. The van der Waals surface area contributed by atoms with E-state index >= 15 is 158 Å². The molecule has 0 saturated carbocycles. The Hall–Kier alpha value is -10.8. The molecule has 512 valence electrons. The van der Waals surface area contributed by atoms with Crippen LogP contribution in [0.3, 0.4) is 0 Å². The summed E-state index contributed by atoms with van der Waals surface area (Å²) in [5, 5.41) is -71.3. The van der Waals surface area contributed by atoms with E-state index in [1.54, 1.807) is 0 Å². The monoisotopic (exact) mass is 1460 g/mol. The third-order valence-electron chi connectivity index (χ3n) is 18.8. The lowest BCUT2D eigenvalue weighted by molar-refractivity contribution is 0.448. The van der Waals surface area contributed by atoms with Gasteiger partial charge in [-0.15, -0.1) is 21.9 Å². The smallest absolute Gasteiger partial charge is 0.195 e. The van der Waals surface area contributed by atoms with Gasteiger partial charge in [0.05, 0.1) is 64.6 Å². The molecule has 16 aromatic rings. The zero-order valence-electron chi connectivity index (χ0n) is 46.2. The Morgan fingerprint density at radius 1 is 0.0792 bits per heavy atom. The predicted molar refractivity (Wildman–Crippen MR) is 283 cm³/mol. The van der Waals surface area contributed by atoms with E-state index in [-0.39, 0.29) is 0 Å². The zero-order chi connectivity index (χ0) is 73.5. The van der Waals surface area contributed by atoms with Crippen molar-refractivity contribution in [2.75, 3.05) is 0 Å². The maximum Gasteiger partial charge on any atom is 0.195 e. The van der Waals surface area contributed by atoms with Gasteiger partial charge in [0.1, 0.15) is 29.4 Å². The molecule has 0 aromatic heterocycles. The Balaban J connectivity index is 1.41. The summed E-state index contributed by atoms with van der Waals surface area (Å²) >= 11 is 0. The number of hydrogen-bond donors (Lipinski definition) is 0. The van der Waals surface area contributed by atoms with Gasteiger partial charge < -0.3 is 0 Å². The van der Waals surface area contributed by atoms with Crippen molar-refractivity contribution in [1.29, 1.82) is 0 Å². The quantitative estimate of drug-likeness (QED) is 0.0713. The molecule has 16 aromatic carbocycles. The van der Waals surface area contributed by atoms with E-state index < -0.39 is 367 Å². The largest absolute Gasteiger partial charge is 0.207 e. The van der Waals surface area contributed by atoms with E-state index in [0.717, 1.165) is 0 Å². The molecule has 0 aliphatic heterocycles. The maximum atomic E-state index is 19.3. The normalized spacial score (nSPS) is 13.0. The first kappa shape index (κ1) is 64.9. The first-order valence-corrected chi connectivity index (χ1v) is 27.0. The van der Waals surface area contributed by atoms with Crippen molar-refractivity contribution in [2.45, 2.75) is 0 Å². The Labute approximate surface area is 523 Å². The van der Waals surface area contributed by atoms with Crippen LogP contribution in [0, 0.1) is 209 Å². The Bertz CT molecular complexity index is 5910. The van der Waals surface area contributed by atoms with Gasteiger partial charge in [0.25, 0.3) is 0 Å². The molecule has 0 aliphatic rings. The number of hydrogen-bond acceptors (Lipinski definition) is 0. The third kappa shape index (κ3) is 6.75. The number of rotatable bonds is 4. The molecule has 0 heterocycles. The maximum absolute atomic E-state index is 19.3. The van der Waals surface area contributed by atoms with Crippen molar-refractivity contribution in [1.82, 2.24) is 0 Å². The van der Waals surface area contributed by atoms with Gasteiger partial charge in [-0.2, -0.15) is 0 Å². The summed E-state index contributed by atoms with van der Waals surface area (Å²) in [6.45, 7) is 0. The lowest BCUT2D eigenvalue weighted by atomic mass is 9.11. The van der Waals surface area contributed by atoms with Gasteiger partial charge in [-0.05, 0) is 21.5 Å². The van der Waals surface area contributed by atoms with Crippen LogP contribution in [0.4, 0.5) is 158 Å². The second-order valence-corrected chi connectivity index (χ2v) is 22.8. The molecule has 0 nitrogen and oxygen atoms in total. The molecule has 101 heavy (non-hydrogen) atoms. The summed E-state index contributed by atoms with van der Waals surface area (Å²) in [6.07, 6.45) is -8.50. The number of benzene rings is 16. The molecule has 0 N–H and O–H groups in total. The van der Waals surface area contributed by atoms with Crippen LogP contribution < -0.4 is 21.9 Å². The topological polar surface area (TPSA) is 0 Å². The summed E-state index contributed by atoms with van der Waals surface area (Å²) in [7, 11) is 0. The highest BCUT2D eigenvalue weighted by Gasteiger charge is 2.53. The highest BCUT2D eigenvalue weighted by Crippen LogP contribution is 2.53. The Kier molecular flexibility index (Phi) is 12.7. The van der Waals surface area contributed by atoms with Gasteiger partial charge >= 0.3 is 0 Å². The Morgan fingerprint density at radius 3 is 0.277 bits per heavy atom. The molecule has 0 radical (unpaired) electrons. The molecule has 0 unspecified atom stereocenters. The molecular formula is C64BF36-. The lowest BCUT2D eigenvalue weighted by Gasteiger charge is -2.48. The van der Waals surface area contributed by atoms with E-state index in [4.69, 9.17) is 0 Å². The molecule has 0 spiro atoms. The van der Waals surface area contributed by atoms with Crippen molar-refractivity contribution in [3.8, 4) is 0 Å². The molecule has 0 bridgehead atoms. The molecule has 0 aliphatic carbocycles. The molecular weight excluding hydrogens is 1460 g/mol. The van der Waals surface area contributed by atoms with Crippen LogP contribution in [0.25, 0.3) is 129 Å². The van der Waals surface area contributed by atoms with Gasteiger partial charge in [-0.3, -0.25) is 0 Å². The highest BCUT2D eigenvalue weighted by atomic mass is 19.2. The zero-order valence-corrected chi connectivity index (χ0v) is 46.2. The second-order valence-electron chi connectivity index (χ2n) is 22.8. The Morgan fingerprint density at radius 2 is 0.158 bits per heavy atom. The van der Waals surface area contributed by atoms with Gasteiger partial charge in [-0.25, -0.2) is 158 Å². The summed E-state index contributed by atoms with van der Waals surface area (Å²) in [5.74, 6) is -129. The molecule has 0 amide bonds. The predicted octanol–water partition coefficient (Wildman–Crippen LogP) is 19.7. The average Bonchev–Trinajstić information content (AvgIpc) is 0.650. The summed E-state index contributed by atoms with van der Waals surface area (Å²) in [6, 6.07) is 0. The SMILES string of the molecule is Fc1c(F)c2c(F)c(F)c3c(F)c(F)c([B-](c4c(F)c(F)c5c(F)c(F)c6c(F)c(F)c(F)c7c(F)c(F)c4c5c67)(c4c(F)c(F)c5c(F)c(F)c6c(F)c(F)c(F)c7c(F)c(F)c4c5c67)c4c(F)c(F)c5c(F)c(F)c6c(F)c(F)c(F)c7c(F)c(F)c4c5c67)c4c(F)c(F)c(c1F)c2c34. The summed E-state index contributed by atoms with van der Waals surface area (Å²) in [4.78, 5) is 0. The molecule has 16 rings (SSSR count). The minimum absolute atomic E-state index is 2.70. The first-order chi connectivity index (χ1) is 47.3. The van der Waals surface area contributed by atoms with Crippen molar-refractivity contribution in [3.05, 3.63) is 209 Å². The van der Waals surface area contributed by atoms with E-state index in [9.17, 15) is 0 Å². The van der Waals surface area contributed by atoms with Crippen molar-refractivity contribution < 1.29 is 158 Å². The van der Waals surface area contributed by atoms with Crippen molar-refractivity contribution in [2.24, 2.45) is 0 Å². The fourth-order valence-electron chi connectivity index (χ4n) is 15.1. The van der Waals surface area contributed by atoms with E-state index in [1.807, 2.05) is 0 Å². The van der Waals surface area contributed by atoms with Gasteiger partial charge in [0, 0.05) is 43.1 Å². The van der Waals surface area contributed by atoms with Crippen LogP contribution in [0.1, 0.15) is 0 Å². The van der Waals surface area contributed by atoms with Crippen LogP contribution in [0.15, 0.2) is 0 Å². The molecule has 0 atom stereocenters. The van der Waals surface area contributed by atoms with Crippen molar-refractivity contribution >= 4 is 157 Å². The minimum Gasteiger partial charge on any atom is -0.207 e. The van der Waals surface area contributed by atoms with E-state index in [2.05, 4.69) is 0 Å². The van der Waals surface area contributed by atoms with Gasteiger partial charge in [0.15, 0.2) is 186 Å². The van der Waals surface area contributed by atoms with Gasteiger partial charge in [-0.1, -0.05) is 0 Å². The molecule has 0 fully saturated rings. The summed E-state index contributed by atoms with van der Waals surface area (Å²) < 4.78 is 621.